The Bertz CT molecular complexity index is 1220. The molecule has 0 saturated heterocycles. The first-order chi connectivity index (χ1) is 14.4. The number of anilines is 1. The molecule has 30 heavy (non-hydrogen) atoms. The molecule has 0 saturated carbocycles. The molecule has 0 atom stereocenters. The predicted octanol–water partition coefficient (Wildman–Crippen LogP) is 4.45. The molecule has 6 nitrogen and oxygen atoms in total. The Hall–Kier alpha value is -2.90. The number of aryl methyl sites for hydroxylation is 2. The predicted molar refractivity (Wildman–Crippen MR) is 123 cm³/mol. The maximum absolute atomic E-state index is 13.5. The summed E-state index contributed by atoms with van der Waals surface area (Å²) in [6.45, 7) is 5.68. The second-order valence-electron chi connectivity index (χ2n) is 7.72. The van der Waals surface area contributed by atoms with E-state index >= 15 is 0 Å². The van der Waals surface area contributed by atoms with Gasteiger partial charge in [-0.05, 0) is 76.3 Å². The molecule has 0 spiro atoms. The number of carbonyl (C=O) groups is 1. The number of nitrogens with zero attached hydrogens (tertiary/aromatic N) is 5. The highest BCUT2D eigenvalue weighted by Gasteiger charge is 2.22. The monoisotopic (exact) mass is 419 g/mol. The molecule has 0 unspecified atom stereocenters. The van der Waals surface area contributed by atoms with Crippen molar-refractivity contribution in [3.8, 4) is 0 Å². The number of benzene rings is 2. The molecule has 0 fully saturated rings. The standard InChI is InChI=1S/C23H25N5OS/c1-15-6-9-20-21(16(15)2)26-23(30-20)28(13-5-12-27(3)4)22(29)17-7-8-18-19(14-17)25-11-10-24-18/h6-11,14H,5,12-13H2,1-4H3. The third-order valence-electron chi connectivity index (χ3n) is 5.25. The van der Waals surface area contributed by atoms with Crippen LogP contribution >= 0.6 is 11.3 Å². The van der Waals surface area contributed by atoms with Gasteiger partial charge in [-0.1, -0.05) is 17.4 Å². The summed E-state index contributed by atoms with van der Waals surface area (Å²) in [5.74, 6) is -0.0604. The SMILES string of the molecule is Cc1ccc2sc(N(CCCN(C)C)C(=O)c3ccc4nccnc4c3)nc2c1C. The highest BCUT2D eigenvalue weighted by Crippen LogP contribution is 2.33. The van der Waals surface area contributed by atoms with Crippen LogP contribution in [0.4, 0.5) is 5.13 Å². The van der Waals surface area contributed by atoms with Gasteiger partial charge in [0.25, 0.3) is 5.91 Å². The Morgan fingerprint density at radius 3 is 2.53 bits per heavy atom. The zero-order valence-electron chi connectivity index (χ0n) is 17.7. The Labute approximate surface area is 180 Å². The Kier molecular flexibility index (Phi) is 5.74. The summed E-state index contributed by atoms with van der Waals surface area (Å²) in [5, 5.41) is 0.738. The molecule has 4 aromatic rings. The second-order valence-corrected chi connectivity index (χ2v) is 8.73. The van der Waals surface area contributed by atoms with E-state index in [1.165, 1.54) is 5.56 Å². The van der Waals surface area contributed by atoms with Crippen molar-refractivity contribution >= 4 is 43.6 Å². The van der Waals surface area contributed by atoms with Gasteiger partial charge in [-0.25, -0.2) is 4.98 Å². The lowest BCUT2D eigenvalue weighted by molar-refractivity contribution is 0.0986. The summed E-state index contributed by atoms with van der Waals surface area (Å²) in [6.07, 6.45) is 4.16. The Morgan fingerprint density at radius 1 is 1.00 bits per heavy atom. The molecule has 0 radical (unpaired) electrons. The molecule has 2 aromatic carbocycles. The summed E-state index contributed by atoms with van der Waals surface area (Å²) in [5.41, 5.74) is 5.44. The summed E-state index contributed by atoms with van der Waals surface area (Å²) < 4.78 is 1.10. The smallest absolute Gasteiger partial charge is 0.260 e. The molecule has 154 valence electrons. The van der Waals surface area contributed by atoms with Gasteiger partial charge in [0.2, 0.25) is 0 Å². The molecule has 4 rings (SSSR count). The molecule has 7 heteroatoms. The van der Waals surface area contributed by atoms with E-state index in [0.29, 0.717) is 17.6 Å². The van der Waals surface area contributed by atoms with Crippen LogP contribution in [0.15, 0.2) is 42.7 Å². The second kappa shape index (κ2) is 8.45. The molecule has 0 N–H and O–H groups in total. The van der Waals surface area contributed by atoms with Crippen LogP contribution in [0.1, 0.15) is 27.9 Å². The van der Waals surface area contributed by atoms with Crippen molar-refractivity contribution in [1.82, 2.24) is 19.9 Å². The number of aromatic nitrogens is 3. The van der Waals surface area contributed by atoms with Crippen molar-refractivity contribution in [1.29, 1.82) is 0 Å². The number of fused-ring (bicyclic) bond motifs is 2. The van der Waals surface area contributed by atoms with Crippen LogP contribution < -0.4 is 4.90 Å². The first-order valence-corrected chi connectivity index (χ1v) is 10.8. The maximum atomic E-state index is 13.5. The number of hydrogen-bond acceptors (Lipinski definition) is 6. The lowest BCUT2D eigenvalue weighted by Gasteiger charge is -2.21. The number of carbonyl (C=O) groups excluding carboxylic acids is 1. The van der Waals surface area contributed by atoms with E-state index in [-0.39, 0.29) is 5.91 Å². The zero-order valence-corrected chi connectivity index (χ0v) is 18.5. The largest absolute Gasteiger partial charge is 0.309 e. The molecule has 1 amide bonds. The topological polar surface area (TPSA) is 62.2 Å². The summed E-state index contributed by atoms with van der Waals surface area (Å²) in [7, 11) is 4.08. The molecule has 0 aliphatic heterocycles. The first kappa shape index (κ1) is 20.4. The molecule has 2 aromatic heterocycles. The minimum atomic E-state index is -0.0604. The van der Waals surface area contributed by atoms with Gasteiger partial charge in [-0.3, -0.25) is 19.7 Å². The van der Waals surface area contributed by atoms with Crippen molar-refractivity contribution < 1.29 is 4.79 Å². The van der Waals surface area contributed by atoms with E-state index in [1.807, 2.05) is 32.3 Å². The summed E-state index contributed by atoms with van der Waals surface area (Å²) >= 11 is 1.57. The highest BCUT2D eigenvalue weighted by molar-refractivity contribution is 7.22. The minimum absolute atomic E-state index is 0.0604. The van der Waals surface area contributed by atoms with Crippen LogP contribution in [0.25, 0.3) is 21.3 Å². The minimum Gasteiger partial charge on any atom is -0.309 e. The van der Waals surface area contributed by atoms with Gasteiger partial charge in [-0.2, -0.15) is 0 Å². The Morgan fingerprint density at radius 2 is 1.77 bits per heavy atom. The third kappa shape index (κ3) is 4.04. The van der Waals surface area contributed by atoms with Crippen molar-refractivity contribution in [2.24, 2.45) is 0 Å². The van der Waals surface area contributed by atoms with Gasteiger partial charge in [0, 0.05) is 24.5 Å². The van der Waals surface area contributed by atoms with Crippen molar-refractivity contribution in [3.05, 3.63) is 59.4 Å². The maximum Gasteiger partial charge on any atom is 0.260 e. The lowest BCUT2D eigenvalue weighted by atomic mass is 10.1. The molecule has 0 bridgehead atoms. The van der Waals surface area contributed by atoms with Gasteiger partial charge in [0.15, 0.2) is 5.13 Å². The quantitative estimate of drug-likeness (QED) is 0.462. The first-order valence-electron chi connectivity index (χ1n) is 9.98. The van der Waals surface area contributed by atoms with Gasteiger partial charge in [0.1, 0.15) is 0 Å². The highest BCUT2D eigenvalue weighted by atomic mass is 32.1. The van der Waals surface area contributed by atoms with Crippen LogP contribution in [-0.2, 0) is 0 Å². The molecule has 0 aliphatic rings. The average Bonchev–Trinajstić information content (AvgIpc) is 3.17. The van der Waals surface area contributed by atoms with Crippen LogP contribution in [0.5, 0.6) is 0 Å². The molecule has 2 heterocycles. The van der Waals surface area contributed by atoms with Crippen LogP contribution in [0.2, 0.25) is 0 Å². The van der Waals surface area contributed by atoms with Crippen molar-refractivity contribution in [2.45, 2.75) is 20.3 Å². The lowest BCUT2D eigenvalue weighted by Crippen LogP contribution is -2.33. The van der Waals surface area contributed by atoms with E-state index in [1.54, 1.807) is 28.6 Å². The molecular formula is C23H25N5OS. The van der Waals surface area contributed by atoms with Crippen molar-refractivity contribution in [3.63, 3.8) is 0 Å². The van der Waals surface area contributed by atoms with Crippen LogP contribution in [0, 0.1) is 13.8 Å². The van der Waals surface area contributed by atoms with E-state index in [4.69, 9.17) is 4.98 Å². The number of amides is 1. The summed E-state index contributed by atoms with van der Waals surface area (Å²) in [6, 6.07) is 9.68. The van der Waals surface area contributed by atoms with Gasteiger partial charge < -0.3 is 4.90 Å². The fraction of sp³-hybridized carbons (Fsp3) is 0.304. The Balaban J connectivity index is 1.73. The van der Waals surface area contributed by atoms with Gasteiger partial charge >= 0.3 is 0 Å². The third-order valence-corrected chi connectivity index (χ3v) is 6.30. The molecule has 0 aliphatic carbocycles. The van der Waals surface area contributed by atoms with Crippen LogP contribution in [0.3, 0.4) is 0 Å². The average molecular weight is 420 g/mol. The van der Waals surface area contributed by atoms with Crippen LogP contribution in [-0.4, -0.2) is 52.9 Å². The molecular weight excluding hydrogens is 394 g/mol. The van der Waals surface area contributed by atoms with E-state index in [2.05, 4.69) is 40.8 Å². The fourth-order valence-electron chi connectivity index (χ4n) is 3.41. The van der Waals surface area contributed by atoms with E-state index in [9.17, 15) is 4.79 Å². The zero-order chi connectivity index (χ0) is 21.3. The number of thiazole rings is 1. The summed E-state index contributed by atoms with van der Waals surface area (Å²) in [4.78, 5) is 31.0. The van der Waals surface area contributed by atoms with E-state index < -0.39 is 0 Å². The van der Waals surface area contributed by atoms with E-state index in [0.717, 1.165) is 39.4 Å². The van der Waals surface area contributed by atoms with Gasteiger partial charge in [-0.15, -0.1) is 0 Å². The number of rotatable bonds is 6. The number of hydrogen-bond donors (Lipinski definition) is 0. The normalized spacial score (nSPS) is 11.5. The van der Waals surface area contributed by atoms with Gasteiger partial charge in [0.05, 0.1) is 21.3 Å². The fourth-order valence-corrected chi connectivity index (χ4v) is 4.46. The van der Waals surface area contributed by atoms with Crippen molar-refractivity contribution in [2.75, 3.05) is 32.1 Å².